The Hall–Kier alpha value is -2.57. The van der Waals surface area contributed by atoms with Crippen LogP contribution in [0.25, 0.3) is 0 Å². The molecule has 88 valence electrons. The summed E-state index contributed by atoms with van der Waals surface area (Å²) in [6.45, 7) is 0.235. The van der Waals surface area contributed by atoms with E-state index in [9.17, 15) is 15.2 Å². The monoisotopic (exact) mass is 234 g/mol. The molecule has 7 nitrogen and oxygen atoms in total. The predicted molar refractivity (Wildman–Crippen MR) is 60.5 cm³/mol. The summed E-state index contributed by atoms with van der Waals surface area (Å²) in [6.07, 6.45) is 3.15. The largest absolute Gasteiger partial charge is 0.508 e. The number of anilines is 1. The standard InChI is InChI=1S/C10H10N4O3/c11-10-12-3-4-13(10)6-7-5-8(14(16)17)1-2-9(7)15/h1-5,15H,6H2,(H2,11,12). The van der Waals surface area contributed by atoms with E-state index in [1.807, 2.05) is 0 Å². The molecule has 0 saturated heterocycles. The average molecular weight is 234 g/mol. The fourth-order valence-corrected chi connectivity index (χ4v) is 1.47. The van der Waals surface area contributed by atoms with E-state index < -0.39 is 4.92 Å². The summed E-state index contributed by atoms with van der Waals surface area (Å²) in [5.74, 6) is 0.277. The molecule has 0 spiro atoms. The highest BCUT2D eigenvalue weighted by Crippen LogP contribution is 2.24. The molecule has 17 heavy (non-hydrogen) atoms. The van der Waals surface area contributed by atoms with E-state index in [4.69, 9.17) is 5.73 Å². The first-order valence-electron chi connectivity index (χ1n) is 4.81. The minimum Gasteiger partial charge on any atom is -0.508 e. The van der Waals surface area contributed by atoms with Gasteiger partial charge in [0.15, 0.2) is 5.95 Å². The Labute approximate surface area is 96.3 Å². The molecule has 1 heterocycles. The van der Waals surface area contributed by atoms with Gasteiger partial charge in [0, 0.05) is 30.1 Å². The summed E-state index contributed by atoms with van der Waals surface area (Å²) in [4.78, 5) is 13.9. The number of hydrogen-bond donors (Lipinski definition) is 2. The molecule has 0 aliphatic heterocycles. The van der Waals surface area contributed by atoms with Crippen molar-refractivity contribution in [3.05, 3.63) is 46.3 Å². The van der Waals surface area contributed by atoms with Crippen molar-refractivity contribution >= 4 is 11.6 Å². The Morgan fingerprint density at radius 2 is 2.29 bits per heavy atom. The summed E-state index contributed by atoms with van der Waals surface area (Å²) in [6, 6.07) is 3.85. The molecule has 2 aromatic rings. The van der Waals surface area contributed by atoms with Crippen molar-refractivity contribution in [1.29, 1.82) is 0 Å². The number of hydrogen-bond acceptors (Lipinski definition) is 5. The molecule has 0 aliphatic rings. The quantitative estimate of drug-likeness (QED) is 0.611. The highest BCUT2D eigenvalue weighted by atomic mass is 16.6. The topological polar surface area (TPSA) is 107 Å². The minimum absolute atomic E-state index is 0.0105. The zero-order valence-corrected chi connectivity index (χ0v) is 8.78. The third-order valence-electron chi connectivity index (χ3n) is 2.36. The zero-order chi connectivity index (χ0) is 12.4. The van der Waals surface area contributed by atoms with E-state index in [0.717, 1.165) is 0 Å². The van der Waals surface area contributed by atoms with E-state index in [-0.39, 0.29) is 23.9 Å². The third kappa shape index (κ3) is 2.17. The smallest absolute Gasteiger partial charge is 0.270 e. The predicted octanol–water partition coefficient (Wildman–Crippen LogP) is 1.13. The van der Waals surface area contributed by atoms with Gasteiger partial charge in [-0.25, -0.2) is 4.98 Å². The Morgan fingerprint density at radius 3 is 2.88 bits per heavy atom. The summed E-state index contributed by atoms with van der Waals surface area (Å²) >= 11 is 0. The van der Waals surface area contributed by atoms with Crippen molar-refractivity contribution < 1.29 is 10.0 Å². The number of nitro groups is 1. The second kappa shape index (κ2) is 4.12. The maximum absolute atomic E-state index is 10.6. The Bertz CT molecular complexity index is 564. The number of nitrogen functional groups attached to an aromatic ring is 1. The van der Waals surface area contributed by atoms with Crippen LogP contribution in [0.15, 0.2) is 30.6 Å². The summed E-state index contributed by atoms with van der Waals surface area (Å²) in [5, 5.41) is 20.2. The lowest BCUT2D eigenvalue weighted by atomic mass is 10.2. The Balaban J connectivity index is 2.35. The van der Waals surface area contributed by atoms with Gasteiger partial charge in [-0.05, 0) is 6.07 Å². The summed E-state index contributed by atoms with van der Waals surface area (Å²) < 4.78 is 1.58. The molecule has 0 fully saturated rings. The maximum atomic E-state index is 10.6. The third-order valence-corrected chi connectivity index (χ3v) is 2.36. The lowest BCUT2D eigenvalue weighted by molar-refractivity contribution is -0.384. The molecule has 0 atom stereocenters. The van der Waals surface area contributed by atoms with Crippen LogP contribution in [0.3, 0.4) is 0 Å². The van der Waals surface area contributed by atoms with Gasteiger partial charge in [0.25, 0.3) is 5.69 Å². The molecule has 0 saturated carbocycles. The molecule has 3 N–H and O–H groups in total. The van der Waals surface area contributed by atoms with Gasteiger partial charge in [0.1, 0.15) is 5.75 Å². The molecule has 7 heteroatoms. The second-order valence-electron chi connectivity index (χ2n) is 3.48. The van der Waals surface area contributed by atoms with Crippen molar-refractivity contribution in [2.45, 2.75) is 6.54 Å². The van der Waals surface area contributed by atoms with Crippen LogP contribution in [0.5, 0.6) is 5.75 Å². The number of nitro benzene ring substituents is 1. The lowest BCUT2D eigenvalue weighted by Gasteiger charge is -2.06. The number of benzene rings is 1. The summed E-state index contributed by atoms with van der Waals surface area (Å²) in [5.41, 5.74) is 5.92. The minimum atomic E-state index is -0.514. The Kier molecular flexibility index (Phi) is 2.65. The highest BCUT2D eigenvalue weighted by molar-refractivity contribution is 5.43. The van der Waals surface area contributed by atoms with Crippen LogP contribution in [0, 0.1) is 10.1 Å². The molecule has 2 rings (SSSR count). The fraction of sp³-hybridized carbons (Fsp3) is 0.100. The van der Waals surface area contributed by atoms with Gasteiger partial charge >= 0.3 is 0 Å². The fourth-order valence-electron chi connectivity index (χ4n) is 1.47. The van der Waals surface area contributed by atoms with Crippen molar-refractivity contribution in [2.75, 3.05) is 5.73 Å². The van der Waals surface area contributed by atoms with Crippen LogP contribution in [-0.4, -0.2) is 19.6 Å². The normalized spacial score (nSPS) is 10.4. The summed E-state index contributed by atoms with van der Waals surface area (Å²) in [7, 11) is 0. The molecule has 1 aromatic heterocycles. The average Bonchev–Trinajstić information content (AvgIpc) is 2.67. The van der Waals surface area contributed by atoms with Crippen molar-refractivity contribution in [3.8, 4) is 5.75 Å². The van der Waals surface area contributed by atoms with Crippen molar-refractivity contribution in [3.63, 3.8) is 0 Å². The van der Waals surface area contributed by atoms with Gasteiger partial charge in [-0.2, -0.15) is 0 Å². The van der Waals surface area contributed by atoms with Crippen LogP contribution in [0.1, 0.15) is 5.56 Å². The van der Waals surface area contributed by atoms with Crippen LogP contribution in [0.2, 0.25) is 0 Å². The molecular formula is C10H10N4O3. The van der Waals surface area contributed by atoms with Gasteiger partial charge < -0.3 is 15.4 Å². The van der Waals surface area contributed by atoms with E-state index in [2.05, 4.69) is 4.98 Å². The van der Waals surface area contributed by atoms with Crippen molar-refractivity contribution in [2.24, 2.45) is 0 Å². The molecule has 0 unspecified atom stereocenters. The lowest BCUT2D eigenvalue weighted by Crippen LogP contribution is -2.04. The number of aromatic hydroxyl groups is 1. The van der Waals surface area contributed by atoms with E-state index in [1.165, 1.54) is 24.4 Å². The molecule has 0 bridgehead atoms. The van der Waals surface area contributed by atoms with E-state index >= 15 is 0 Å². The van der Waals surface area contributed by atoms with Crippen LogP contribution >= 0.6 is 0 Å². The first kappa shape index (κ1) is 10.9. The van der Waals surface area contributed by atoms with Crippen molar-refractivity contribution in [1.82, 2.24) is 9.55 Å². The van der Waals surface area contributed by atoms with E-state index in [1.54, 1.807) is 10.8 Å². The number of imidazole rings is 1. The number of aromatic nitrogens is 2. The zero-order valence-electron chi connectivity index (χ0n) is 8.78. The van der Waals surface area contributed by atoms with Gasteiger partial charge in [-0.1, -0.05) is 0 Å². The number of non-ortho nitro benzene ring substituents is 1. The van der Waals surface area contributed by atoms with Gasteiger partial charge in [0.2, 0.25) is 0 Å². The maximum Gasteiger partial charge on any atom is 0.270 e. The van der Waals surface area contributed by atoms with Gasteiger partial charge in [-0.3, -0.25) is 10.1 Å². The first-order chi connectivity index (χ1) is 8.08. The molecule has 0 radical (unpaired) electrons. The number of phenolic OH excluding ortho intramolecular Hbond substituents is 1. The number of rotatable bonds is 3. The highest BCUT2D eigenvalue weighted by Gasteiger charge is 2.11. The molecule has 0 amide bonds. The first-order valence-corrected chi connectivity index (χ1v) is 4.81. The molecule has 0 aliphatic carbocycles. The van der Waals surface area contributed by atoms with Gasteiger partial charge in [0.05, 0.1) is 11.5 Å². The second-order valence-corrected chi connectivity index (χ2v) is 3.48. The van der Waals surface area contributed by atoms with Crippen LogP contribution in [0.4, 0.5) is 11.6 Å². The Morgan fingerprint density at radius 1 is 1.53 bits per heavy atom. The van der Waals surface area contributed by atoms with Crippen LogP contribution < -0.4 is 5.73 Å². The van der Waals surface area contributed by atoms with E-state index in [0.29, 0.717) is 5.56 Å². The number of nitrogens with two attached hydrogens (primary N) is 1. The van der Waals surface area contributed by atoms with Crippen LogP contribution in [-0.2, 0) is 6.54 Å². The number of nitrogens with zero attached hydrogens (tertiary/aromatic N) is 3. The molecular weight excluding hydrogens is 224 g/mol. The van der Waals surface area contributed by atoms with Gasteiger partial charge in [-0.15, -0.1) is 0 Å². The number of phenols is 1. The molecule has 1 aromatic carbocycles. The SMILES string of the molecule is Nc1nccn1Cc1cc([N+](=O)[O-])ccc1O.